The number of rotatable bonds is 10. The van der Waals surface area contributed by atoms with Crippen LogP contribution in [-0.4, -0.2) is 72.0 Å². The van der Waals surface area contributed by atoms with E-state index in [4.69, 9.17) is 21.4 Å². The summed E-state index contributed by atoms with van der Waals surface area (Å²) in [5.74, 6) is 0.917. The Bertz CT molecular complexity index is 1880. The molecule has 3 fully saturated rings. The van der Waals surface area contributed by atoms with E-state index >= 15 is 0 Å². The minimum atomic E-state index is -4.03. The van der Waals surface area contributed by atoms with Crippen LogP contribution in [0.1, 0.15) is 79.7 Å². The van der Waals surface area contributed by atoms with Crippen LogP contribution >= 0.6 is 11.6 Å². The molecule has 48 heavy (non-hydrogen) atoms. The molecular weight excluding hydrogens is 646 g/mol. The zero-order valence-electron chi connectivity index (χ0n) is 27.6. The Hall–Kier alpha value is -3.28. The van der Waals surface area contributed by atoms with Crippen molar-refractivity contribution < 1.29 is 18.0 Å². The van der Waals surface area contributed by atoms with Gasteiger partial charge in [-0.15, -0.1) is 0 Å². The molecule has 3 aromatic carbocycles. The maximum absolute atomic E-state index is 13.7. The topological polar surface area (TPSA) is 96.8 Å². The zero-order chi connectivity index (χ0) is 33.5. The molecule has 0 spiro atoms. The van der Waals surface area contributed by atoms with E-state index in [0.717, 1.165) is 50.0 Å². The molecule has 9 nitrogen and oxygen atoms in total. The maximum atomic E-state index is 13.7. The molecule has 3 atom stereocenters. The van der Waals surface area contributed by atoms with E-state index in [2.05, 4.69) is 75.9 Å². The van der Waals surface area contributed by atoms with E-state index in [1.165, 1.54) is 36.1 Å². The van der Waals surface area contributed by atoms with Crippen LogP contribution < -0.4 is 4.89 Å². The number of piperidine rings is 2. The van der Waals surface area contributed by atoms with Gasteiger partial charge < -0.3 is 9.47 Å². The number of likely N-dealkylation sites (tertiary alicyclic amines) is 1. The molecule has 4 aromatic rings. The fraction of sp³-hybridized carbons (Fsp3) is 0.459. The van der Waals surface area contributed by atoms with Crippen molar-refractivity contribution in [2.24, 2.45) is 0 Å². The van der Waals surface area contributed by atoms with Crippen molar-refractivity contribution in [1.29, 1.82) is 0 Å². The Labute approximate surface area is 288 Å². The molecule has 2 bridgehead atoms. The maximum Gasteiger partial charge on any atom is 0.263 e. The number of halogens is 1. The van der Waals surface area contributed by atoms with Gasteiger partial charge in [-0.25, -0.2) is 13.4 Å². The lowest BCUT2D eigenvalue weighted by atomic mass is 9.70. The van der Waals surface area contributed by atoms with E-state index in [9.17, 15) is 13.2 Å². The summed E-state index contributed by atoms with van der Waals surface area (Å²) in [7, 11) is -4.03. The van der Waals surface area contributed by atoms with Gasteiger partial charge >= 0.3 is 0 Å². The van der Waals surface area contributed by atoms with Crippen LogP contribution in [0.4, 0.5) is 0 Å². The number of nitrogens with zero attached hydrogens (tertiary/aromatic N) is 4. The Kier molecular flexibility index (Phi) is 9.38. The largest absolute Gasteiger partial charge is 0.339 e. The van der Waals surface area contributed by atoms with Crippen molar-refractivity contribution in [3.8, 4) is 0 Å². The Balaban J connectivity index is 1.05. The van der Waals surface area contributed by atoms with Crippen LogP contribution in [0.25, 0.3) is 11.0 Å². The summed E-state index contributed by atoms with van der Waals surface area (Å²) in [6, 6.07) is 25.3. The lowest BCUT2D eigenvalue weighted by Gasteiger charge is -2.45. The van der Waals surface area contributed by atoms with Crippen molar-refractivity contribution in [1.82, 2.24) is 24.2 Å². The average Bonchev–Trinajstić information content (AvgIpc) is 3.56. The van der Waals surface area contributed by atoms with Gasteiger partial charge in [-0.05, 0) is 107 Å². The second-order valence-corrected chi connectivity index (χ2v) is 15.6. The summed E-state index contributed by atoms with van der Waals surface area (Å²) < 4.78 is 28.0. The SMILES string of the molecule is CCONS(=O)(=O)c1cc(C(=O)N2CCC(CCN3[C@@H]4CC[C@H]3CC(n3c(C)nc5ccccc53)C4)(c3ccccc3)CC2)ccc1Cl. The van der Waals surface area contributed by atoms with Crippen LogP contribution in [0.3, 0.4) is 0 Å². The predicted octanol–water partition coefficient (Wildman–Crippen LogP) is 6.66. The third-order valence-electron chi connectivity index (χ3n) is 11.0. The van der Waals surface area contributed by atoms with E-state index in [1.807, 2.05) is 4.90 Å². The summed E-state index contributed by atoms with van der Waals surface area (Å²) in [5.41, 5.74) is 3.92. The smallest absolute Gasteiger partial charge is 0.263 e. The van der Waals surface area contributed by atoms with Crippen molar-refractivity contribution >= 4 is 38.6 Å². The quantitative estimate of drug-likeness (QED) is 0.187. The molecule has 1 amide bonds. The minimum Gasteiger partial charge on any atom is -0.339 e. The average molecular weight is 690 g/mol. The number of hydrogen-bond acceptors (Lipinski definition) is 6. The standard InChI is InChI=1S/C37H44ClN5O4S/c1-3-47-40-48(45,46)35-23-27(13-16-32(35)38)36(44)41-20-17-37(18-21-41,28-9-5-4-6-10-28)19-22-42-29-14-15-30(42)25-31(24-29)43-26(2)39-33-11-7-8-12-34(33)43/h4-13,16,23,29-31,40H,3,14-15,17-22,24-25H2,1-2H3/t29-,30+,31?. The van der Waals surface area contributed by atoms with Gasteiger partial charge in [0.2, 0.25) is 0 Å². The Morgan fingerprint density at radius 1 is 0.979 bits per heavy atom. The number of benzene rings is 3. The van der Waals surface area contributed by atoms with Crippen molar-refractivity contribution in [3.05, 3.63) is 94.8 Å². The first-order valence-corrected chi connectivity index (χ1v) is 19.0. The van der Waals surface area contributed by atoms with E-state index in [1.54, 1.807) is 13.0 Å². The van der Waals surface area contributed by atoms with E-state index < -0.39 is 10.0 Å². The third kappa shape index (κ3) is 6.29. The molecule has 254 valence electrons. The number of carbonyl (C=O) groups excluding carboxylic acids is 1. The number of carbonyl (C=O) groups is 1. The van der Waals surface area contributed by atoms with Crippen LogP contribution in [0.2, 0.25) is 5.02 Å². The second-order valence-electron chi connectivity index (χ2n) is 13.6. The van der Waals surface area contributed by atoms with Gasteiger partial charge in [0.15, 0.2) is 0 Å². The molecule has 3 saturated heterocycles. The number of aryl methyl sites for hydroxylation is 1. The molecule has 4 heterocycles. The fourth-order valence-corrected chi connectivity index (χ4v) is 10.0. The first kappa shape index (κ1) is 33.2. The second kappa shape index (κ2) is 13.6. The highest BCUT2D eigenvalue weighted by molar-refractivity contribution is 7.89. The number of sulfonamides is 1. The summed E-state index contributed by atoms with van der Waals surface area (Å²) in [4.78, 5) is 30.0. The molecule has 3 aliphatic heterocycles. The summed E-state index contributed by atoms with van der Waals surface area (Å²) >= 11 is 6.24. The van der Waals surface area contributed by atoms with Gasteiger partial charge in [0.05, 0.1) is 22.7 Å². The third-order valence-corrected chi connectivity index (χ3v) is 12.7. The summed E-state index contributed by atoms with van der Waals surface area (Å²) in [5, 5.41) is 0.0343. The highest BCUT2D eigenvalue weighted by atomic mass is 35.5. The molecule has 7 rings (SSSR count). The van der Waals surface area contributed by atoms with Crippen molar-refractivity contribution in [2.45, 2.75) is 87.2 Å². The molecule has 0 aliphatic carbocycles. The van der Waals surface area contributed by atoms with Crippen LogP contribution in [-0.2, 0) is 20.3 Å². The number of nitrogens with one attached hydrogen (secondary N) is 1. The molecule has 1 unspecified atom stereocenters. The summed E-state index contributed by atoms with van der Waals surface area (Å²) in [6.07, 6.45) is 7.52. The van der Waals surface area contributed by atoms with Crippen LogP contribution in [0.15, 0.2) is 77.7 Å². The lowest BCUT2D eigenvalue weighted by molar-refractivity contribution is 0.0606. The van der Waals surface area contributed by atoms with Gasteiger partial charge in [0.1, 0.15) is 10.7 Å². The molecule has 0 radical (unpaired) electrons. The highest BCUT2D eigenvalue weighted by Gasteiger charge is 2.44. The molecule has 11 heteroatoms. The number of hydrogen-bond donors (Lipinski definition) is 1. The first-order chi connectivity index (χ1) is 23.2. The number of imidazole rings is 1. The van der Waals surface area contributed by atoms with Crippen LogP contribution in [0.5, 0.6) is 0 Å². The lowest BCUT2D eigenvalue weighted by Crippen LogP contribution is -2.49. The number of amides is 1. The Morgan fingerprint density at radius 3 is 2.38 bits per heavy atom. The zero-order valence-corrected chi connectivity index (χ0v) is 29.2. The molecule has 1 N–H and O–H groups in total. The summed E-state index contributed by atoms with van der Waals surface area (Å²) in [6.45, 7) is 6.21. The fourth-order valence-electron chi connectivity index (χ4n) is 8.61. The van der Waals surface area contributed by atoms with E-state index in [-0.39, 0.29) is 27.8 Å². The van der Waals surface area contributed by atoms with Gasteiger partial charge in [-0.3, -0.25) is 14.5 Å². The molecule has 3 aliphatic rings. The minimum absolute atomic E-state index is 0.0343. The molecule has 1 aromatic heterocycles. The number of para-hydroxylation sites is 2. The molecular formula is C37H44ClN5O4S. The van der Waals surface area contributed by atoms with Gasteiger partial charge in [-0.1, -0.05) is 59.0 Å². The monoisotopic (exact) mass is 689 g/mol. The van der Waals surface area contributed by atoms with Crippen LogP contribution in [0, 0.1) is 6.92 Å². The normalized spacial score (nSPS) is 22.7. The van der Waals surface area contributed by atoms with Crippen molar-refractivity contribution in [3.63, 3.8) is 0 Å². The van der Waals surface area contributed by atoms with Gasteiger partial charge in [0, 0.05) is 36.8 Å². The highest BCUT2D eigenvalue weighted by Crippen LogP contribution is 2.45. The van der Waals surface area contributed by atoms with Gasteiger partial charge in [-0.2, -0.15) is 0 Å². The Morgan fingerprint density at radius 2 is 1.67 bits per heavy atom. The predicted molar refractivity (Wildman–Crippen MR) is 188 cm³/mol. The van der Waals surface area contributed by atoms with Gasteiger partial charge in [0.25, 0.3) is 15.9 Å². The first-order valence-electron chi connectivity index (χ1n) is 17.2. The molecule has 0 saturated carbocycles. The van der Waals surface area contributed by atoms with E-state index in [0.29, 0.717) is 36.8 Å². The number of aromatic nitrogens is 2. The van der Waals surface area contributed by atoms with Crippen molar-refractivity contribution in [2.75, 3.05) is 26.2 Å². The number of fused-ring (bicyclic) bond motifs is 3.